The Bertz CT molecular complexity index is 238. The summed E-state index contributed by atoms with van der Waals surface area (Å²) in [6.45, 7) is 7.16. The lowest BCUT2D eigenvalue weighted by molar-refractivity contribution is 0.200. The molecule has 0 aromatic rings. The molecule has 2 aliphatic rings. The molecule has 2 heterocycles. The van der Waals surface area contributed by atoms with Gasteiger partial charge in [0.2, 0.25) is 0 Å². The highest BCUT2D eigenvalue weighted by atomic mass is 16.2. The number of amides is 2. The third-order valence-corrected chi connectivity index (χ3v) is 3.87. The van der Waals surface area contributed by atoms with Crippen molar-refractivity contribution in [3.8, 4) is 0 Å². The van der Waals surface area contributed by atoms with Crippen molar-refractivity contribution in [2.45, 2.75) is 26.2 Å². The van der Waals surface area contributed by atoms with Crippen molar-refractivity contribution in [2.75, 3.05) is 32.7 Å². The number of carbonyl (C=O) groups is 1. The average Bonchev–Trinajstić information content (AvgIpc) is 2.81. The first-order valence-corrected chi connectivity index (χ1v) is 6.51. The minimum absolute atomic E-state index is 0.142. The molecule has 2 aliphatic heterocycles. The molecule has 92 valence electrons. The monoisotopic (exact) mass is 225 g/mol. The Balaban J connectivity index is 1.71. The SMILES string of the molecule is CC1CNCCC1CNC(=O)N1CCCC1. The van der Waals surface area contributed by atoms with E-state index in [4.69, 9.17) is 0 Å². The lowest BCUT2D eigenvalue weighted by Crippen LogP contribution is -2.44. The van der Waals surface area contributed by atoms with Crippen molar-refractivity contribution >= 4 is 6.03 Å². The molecule has 2 N–H and O–H groups in total. The zero-order valence-corrected chi connectivity index (χ0v) is 10.2. The van der Waals surface area contributed by atoms with Crippen LogP contribution < -0.4 is 10.6 Å². The first kappa shape index (κ1) is 11.7. The van der Waals surface area contributed by atoms with Crippen LogP contribution in [0.1, 0.15) is 26.2 Å². The van der Waals surface area contributed by atoms with E-state index in [1.165, 1.54) is 6.42 Å². The van der Waals surface area contributed by atoms with Gasteiger partial charge in [-0.3, -0.25) is 0 Å². The number of piperidine rings is 1. The average molecular weight is 225 g/mol. The minimum Gasteiger partial charge on any atom is -0.338 e. The Labute approximate surface area is 97.8 Å². The summed E-state index contributed by atoms with van der Waals surface area (Å²) in [5.74, 6) is 1.32. The summed E-state index contributed by atoms with van der Waals surface area (Å²) in [5, 5.41) is 6.47. The maximum absolute atomic E-state index is 11.8. The smallest absolute Gasteiger partial charge is 0.317 e. The number of hydrogen-bond acceptors (Lipinski definition) is 2. The summed E-state index contributed by atoms with van der Waals surface area (Å²) < 4.78 is 0. The van der Waals surface area contributed by atoms with Crippen molar-refractivity contribution < 1.29 is 4.79 Å². The van der Waals surface area contributed by atoms with Crippen LogP contribution in [-0.4, -0.2) is 43.7 Å². The molecule has 0 radical (unpaired) electrons. The van der Waals surface area contributed by atoms with E-state index in [2.05, 4.69) is 17.6 Å². The first-order chi connectivity index (χ1) is 7.77. The van der Waals surface area contributed by atoms with Gasteiger partial charge in [-0.1, -0.05) is 6.92 Å². The number of nitrogens with zero attached hydrogens (tertiary/aromatic N) is 1. The molecule has 2 rings (SSSR count). The van der Waals surface area contributed by atoms with Crippen molar-refractivity contribution in [1.82, 2.24) is 15.5 Å². The second-order valence-electron chi connectivity index (χ2n) is 5.11. The lowest BCUT2D eigenvalue weighted by Gasteiger charge is -2.30. The van der Waals surface area contributed by atoms with Crippen molar-refractivity contribution in [3.63, 3.8) is 0 Å². The Hall–Kier alpha value is -0.770. The van der Waals surface area contributed by atoms with Gasteiger partial charge < -0.3 is 15.5 Å². The number of hydrogen-bond donors (Lipinski definition) is 2. The second kappa shape index (κ2) is 5.53. The van der Waals surface area contributed by atoms with Gasteiger partial charge in [0.25, 0.3) is 0 Å². The van der Waals surface area contributed by atoms with Gasteiger partial charge in [-0.2, -0.15) is 0 Å². The van der Waals surface area contributed by atoms with Crippen LogP contribution >= 0.6 is 0 Å². The summed E-state index contributed by atoms with van der Waals surface area (Å²) in [5.41, 5.74) is 0. The Morgan fingerprint density at radius 2 is 2.19 bits per heavy atom. The maximum atomic E-state index is 11.8. The molecular formula is C12H23N3O. The van der Waals surface area contributed by atoms with E-state index < -0.39 is 0 Å². The predicted octanol–water partition coefficient (Wildman–Crippen LogP) is 1.04. The summed E-state index contributed by atoms with van der Waals surface area (Å²) in [4.78, 5) is 13.7. The van der Waals surface area contributed by atoms with E-state index in [1.54, 1.807) is 0 Å². The quantitative estimate of drug-likeness (QED) is 0.737. The van der Waals surface area contributed by atoms with E-state index in [0.29, 0.717) is 11.8 Å². The fraction of sp³-hybridized carbons (Fsp3) is 0.917. The van der Waals surface area contributed by atoms with Gasteiger partial charge in [0.1, 0.15) is 0 Å². The third kappa shape index (κ3) is 2.88. The molecule has 0 spiro atoms. The summed E-state index contributed by atoms with van der Waals surface area (Å²) in [6.07, 6.45) is 3.51. The molecule has 0 saturated carbocycles. The Morgan fingerprint density at radius 3 is 2.88 bits per heavy atom. The molecule has 0 bridgehead atoms. The fourth-order valence-corrected chi connectivity index (χ4v) is 2.62. The van der Waals surface area contributed by atoms with Gasteiger partial charge in [0, 0.05) is 19.6 Å². The topological polar surface area (TPSA) is 44.4 Å². The van der Waals surface area contributed by atoms with Gasteiger partial charge in [-0.25, -0.2) is 4.79 Å². The molecule has 0 aliphatic carbocycles. The molecular weight excluding hydrogens is 202 g/mol. The van der Waals surface area contributed by atoms with Gasteiger partial charge in [-0.15, -0.1) is 0 Å². The van der Waals surface area contributed by atoms with E-state index >= 15 is 0 Å². The fourth-order valence-electron chi connectivity index (χ4n) is 2.62. The highest BCUT2D eigenvalue weighted by Gasteiger charge is 2.23. The molecule has 0 aromatic heterocycles. The molecule has 4 heteroatoms. The largest absolute Gasteiger partial charge is 0.338 e. The molecule has 2 saturated heterocycles. The van der Waals surface area contributed by atoms with Gasteiger partial charge >= 0.3 is 6.03 Å². The first-order valence-electron chi connectivity index (χ1n) is 6.51. The molecule has 0 aromatic carbocycles. The van der Waals surface area contributed by atoms with E-state index in [1.807, 2.05) is 4.90 Å². The van der Waals surface area contributed by atoms with Crippen LogP contribution in [0, 0.1) is 11.8 Å². The normalized spacial score (nSPS) is 30.4. The van der Waals surface area contributed by atoms with Crippen LogP contribution in [0.15, 0.2) is 0 Å². The Kier molecular flexibility index (Phi) is 4.04. The molecule has 2 amide bonds. The number of nitrogens with one attached hydrogen (secondary N) is 2. The van der Waals surface area contributed by atoms with E-state index in [0.717, 1.165) is 45.6 Å². The second-order valence-corrected chi connectivity index (χ2v) is 5.11. The zero-order valence-electron chi connectivity index (χ0n) is 10.2. The van der Waals surface area contributed by atoms with Crippen LogP contribution in [0.3, 0.4) is 0 Å². The van der Waals surface area contributed by atoms with Gasteiger partial charge in [0.15, 0.2) is 0 Å². The van der Waals surface area contributed by atoms with Crippen LogP contribution in [0.2, 0.25) is 0 Å². The third-order valence-electron chi connectivity index (χ3n) is 3.87. The standard InChI is InChI=1S/C12H23N3O/c1-10-8-13-5-4-11(10)9-14-12(16)15-6-2-3-7-15/h10-11,13H,2-9H2,1H3,(H,14,16). The lowest BCUT2D eigenvalue weighted by atomic mass is 9.88. The van der Waals surface area contributed by atoms with Crippen molar-refractivity contribution in [3.05, 3.63) is 0 Å². The van der Waals surface area contributed by atoms with Crippen LogP contribution in [0.25, 0.3) is 0 Å². The number of carbonyl (C=O) groups excluding carboxylic acids is 1. The molecule has 2 fully saturated rings. The molecule has 4 nitrogen and oxygen atoms in total. The van der Waals surface area contributed by atoms with E-state index in [9.17, 15) is 4.79 Å². The van der Waals surface area contributed by atoms with Crippen molar-refractivity contribution in [2.24, 2.45) is 11.8 Å². The predicted molar refractivity (Wildman–Crippen MR) is 64.3 cm³/mol. The van der Waals surface area contributed by atoms with E-state index in [-0.39, 0.29) is 6.03 Å². The van der Waals surface area contributed by atoms with Crippen molar-refractivity contribution in [1.29, 1.82) is 0 Å². The zero-order chi connectivity index (χ0) is 11.4. The van der Waals surface area contributed by atoms with Crippen LogP contribution in [0.5, 0.6) is 0 Å². The van der Waals surface area contributed by atoms with Gasteiger partial charge in [-0.05, 0) is 44.2 Å². The molecule has 2 atom stereocenters. The van der Waals surface area contributed by atoms with Crippen LogP contribution in [0.4, 0.5) is 4.79 Å². The number of urea groups is 1. The summed E-state index contributed by atoms with van der Waals surface area (Å²) >= 11 is 0. The van der Waals surface area contributed by atoms with Gasteiger partial charge in [0.05, 0.1) is 0 Å². The summed E-state index contributed by atoms with van der Waals surface area (Å²) in [7, 11) is 0. The number of likely N-dealkylation sites (tertiary alicyclic amines) is 1. The summed E-state index contributed by atoms with van der Waals surface area (Å²) in [6, 6.07) is 0.142. The highest BCUT2D eigenvalue weighted by molar-refractivity contribution is 5.74. The number of rotatable bonds is 2. The highest BCUT2D eigenvalue weighted by Crippen LogP contribution is 2.17. The molecule has 16 heavy (non-hydrogen) atoms. The van der Waals surface area contributed by atoms with Crippen LogP contribution in [-0.2, 0) is 0 Å². The Morgan fingerprint density at radius 1 is 1.44 bits per heavy atom. The maximum Gasteiger partial charge on any atom is 0.317 e. The molecule has 2 unspecified atom stereocenters. The minimum atomic E-state index is 0.142.